The van der Waals surface area contributed by atoms with E-state index in [0.29, 0.717) is 34.8 Å². The van der Waals surface area contributed by atoms with Gasteiger partial charge in [-0.15, -0.1) is 0 Å². The number of ether oxygens (including phenoxy) is 1. The zero-order valence-corrected chi connectivity index (χ0v) is 22.2. The van der Waals surface area contributed by atoms with Crippen LogP contribution in [0.3, 0.4) is 0 Å². The molecule has 1 unspecified atom stereocenters. The Hall–Kier alpha value is -1.63. The standard InChI is InChI=1S/C19H25Cl2N5O8P2/c1-2-16(34-13(9-27)10-33-36(31,32)11-35(28,29)30)26-18-14(8-23-26)17(24-19(21)25-18)22-7-12-5-3-4-6-15(12)20/h3-6,8,13,16,27H,2,7,9-11H2,1H3,(H,31,32)(H,22,24,25)(H2,28,29,30)/t13-,16+/m0/s1. The number of benzene rings is 1. The molecule has 3 aromatic rings. The molecule has 13 nitrogen and oxygen atoms in total. The second-order valence-electron chi connectivity index (χ2n) is 7.66. The van der Waals surface area contributed by atoms with Crippen LogP contribution in [0.2, 0.25) is 10.3 Å². The lowest BCUT2D eigenvalue weighted by Gasteiger charge is -2.24. The number of hydrogen-bond acceptors (Lipinski definition) is 9. The van der Waals surface area contributed by atoms with E-state index in [0.717, 1.165) is 5.56 Å². The predicted molar refractivity (Wildman–Crippen MR) is 133 cm³/mol. The smallest absolute Gasteiger partial charge is 0.340 e. The van der Waals surface area contributed by atoms with Crippen molar-refractivity contribution in [3.63, 3.8) is 0 Å². The van der Waals surface area contributed by atoms with Gasteiger partial charge in [-0.05, 0) is 29.7 Å². The zero-order chi connectivity index (χ0) is 26.5. The van der Waals surface area contributed by atoms with Gasteiger partial charge < -0.3 is 34.4 Å². The molecule has 1 aromatic carbocycles. The Labute approximate surface area is 216 Å². The summed E-state index contributed by atoms with van der Waals surface area (Å²) < 4.78 is 34.9. The van der Waals surface area contributed by atoms with Crippen LogP contribution in [0.4, 0.5) is 5.82 Å². The van der Waals surface area contributed by atoms with Crippen molar-refractivity contribution < 1.29 is 38.2 Å². The molecule has 0 amide bonds. The van der Waals surface area contributed by atoms with Crippen molar-refractivity contribution in [1.29, 1.82) is 0 Å². The van der Waals surface area contributed by atoms with Crippen LogP contribution in [-0.4, -0.2) is 64.8 Å². The molecular weight excluding hydrogens is 559 g/mol. The van der Waals surface area contributed by atoms with Crippen molar-refractivity contribution in [2.75, 3.05) is 24.4 Å². The van der Waals surface area contributed by atoms with Crippen LogP contribution in [0.5, 0.6) is 0 Å². The molecule has 0 saturated carbocycles. The van der Waals surface area contributed by atoms with Crippen molar-refractivity contribution >= 4 is 55.2 Å². The lowest BCUT2D eigenvalue weighted by molar-refractivity contribution is -0.0950. The molecular formula is C19H25Cl2N5O8P2. The number of anilines is 1. The van der Waals surface area contributed by atoms with E-state index in [1.165, 1.54) is 10.9 Å². The first kappa shape index (κ1) is 28.9. The third-order valence-corrected chi connectivity index (χ3v) is 8.82. The van der Waals surface area contributed by atoms with Crippen molar-refractivity contribution in [1.82, 2.24) is 19.7 Å². The van der Waals surface area contributed by atoms with Crippen molar-refractivity contribution in [2.45, 2.75) is 32.2 Å². The molecule has 2 heterocycles. The monoisotopic (exact) mass is 583 g/mol. The highest BCUT2D eigenvalue weighted by Gasteiger charge is 2.32. The van der Waals surface area contributed by atoms with Gasteiger partial charge in [0.15, 0.2) is 17.8 Å². The fraction of sp³-hybridized carbons (Fsp3) is 0.421. The van der Waals surface area contributed by atoms with E-state index in [9.17, 15) is 19.1 Å². The van der Waals surface area contributed by atoms with Gasteiger partial charge in [-0.3, -0.25) is 9.13 Å². The van der Waals surface area contributed by atoms with E-state index in [1.54, 1.807) is 13.0 Å². The van der Waals surface area contributed by atoms with Crippen LogP contribution >= 0.6 is 38.4 Å². The summed E-state index contributed by atoms with van der Waals surface area (Å²) in [6.45, 7) is 0.935. The molecule has 0 aliphatic heterocycles. The maximum absolute atomic E-state index is 11.9. The minimum absolute atomic E-state index is 0.0542. The number of nitrogens with zero attached hydrogens (tertiary/aromatic N) is 4. The molecule has 0 aliphatic carbocycles. The Bertz CT molecular complexity index is 1290. The topological polar surface area (TPSA) is 189 Å². The average molecular weight is 584 g/mol. The minimum atomic E-state index is -4.79. The van der Waals surface area contributed by atoms with Gasteiger partial charge >= 0.3 is 15.2 Å². The lowest BCUT2D eigenvalue weighted by atomic mass is 10.2. The highest BCUT2D eigenvalue weighted by molar-refractivity contribution is 7.70. The summed E-state index contributed by atoms with van der Waals surface area (Å²) in [7, 11) is -9.40. The van der Waals surface area contributed by atoms with Gasteiger partial charge in [0.25, 0.3) is 0 Å². The molecule has 0 fully saturated rings. The Morgan fingerprint density at radius 3 is 2.53 bits per heavy atom. The van der Waals surface area contributed by atoms with Crippen LogP contribution in [0.25, 0.3) is 11.0 Å². The number of aliphatic hydroxyl groups excluding tert-OH is 1. The molecule has 5 N–H and O–H groups in total. The van der Waals surface area contributed by atoms with Crippen LogP contribution in [0.15, 0.2) is 30.5 Å². The molecule has 0 spiro atoms. The summed E-state index contributed by atoms with van der Waals surface area (Å²) >= 11 is 12.4. The summed E-state index contributed by atoms with van der Waals surface area (Å²) in [4.78, 5) is 36.0. The highest BCUT2D eigenvalue weighted by atomic mass is 35.5. The number of aliphatic hydroxyl groups is 1. The summed E-state index contributed by atoms with van der Waals surface area (Å²) in [5, 5.41) is 18.2. The van der Waals surface area contributed by atoms with E-state index in [4.69, 9.17) is 42.2 Å². The quantitative estimate of drug-likeness (QED) is 0.146. The minimum Gasteiger partial charge on any atom is -0.394 e. The molecule has 0 aliphatic rings. The Morgan fingerprint density at radius 2 is 1.89 bits per heavy atom. The average Bonchev–Trinajstić information content (AvgIpc) is 3.20. The number of rotatable bonds is 13. The first-order valence-electron chi connectivity index (χ1n) is 10.6. The van der Waals surface area contributed by atoms with Gasteiger partial charge in [-0.2, -0.15) is 15.1 Å². The summed E-state index contributed by atoms with van der Waals surface area (Å²) in [5.74, 6) is -0.940. The second-order valence-corrected chi connectivity index (χ2v) is 12.4. The van der Waals surface area contributed by atoms with Crippen LogP contribution in [0, 0.1) is 0 Å². The molecule has 36 heavy (non-hydrogen) atoms. The van der Waals surface area contributed by atoms with E-state index >= 15 is 0 Å². The number of aromatic nitrogens is 4. The third kappa shape index (κ3) is 7.93. The first-order chi connectivity index (χ1) is 16.9. The molecule has 198 valence electrons. The fourth-order valence-corrected chi connectivity index (χ4v) is 6.18. The number of nitrogens with one attached hydrogen (secondary N) is 1. The van der Waals surface area contributed by atoms with E-state index < -0.39 is 46.6 Å². The Balaban J connectivity index is 1.78. The number of fused-ring (bicyclic) bond motifs is 1. The molecule has 2 aromatic heterocycles. The second kappa shape index (κ2) is 12.3. The molecule has 3 atom stereocenters. The third-order valence-electron chi connectivity index (χ3n) is 4.83. The lowest BCUT2D eigenvalue weighted by Crippen LogP contribution is -2.28. The molecule has 0 bridgehead atoms. The van der Waals surface area contributed by atoms with Crippen LogP contribution in [-0.2, 0) is 24.9 Å². The van der Waals surface area contributed by atoms with Gasteiger partial charge in [0.05, 0.1) is 24.8 Å². The van der Waals surface area contributed by atoms with Crippen LogP contribution < -0.4 is 5.32 Å². The molecule has 0 saturated heterocycles. The van der Waals surface area contributed by atoms with Gasteiger partial charge in [0, 0.05) is 11.6 Å². The van der Waals surface area contributed by atoms with Crippen molar-refractivity contribution in [3.8, 4) is 0 Å². The number of halogens is 2. The summed E-state index contributed by atoms with van der Waals surface area (Å²) in [6, 6.07) is 7.31. The van der Waals surface area contributed by atoms with Gasteiger partial charge in [0.2, 0.25) is 5.28 Å². The maximum atomic E-state index is 11.9. The zero-order valence-electron chi connectivity index (χ0n) is 18.9. The largest absolute Gasteiger partial charge is 0.394 e. The molecule has 17 heteroatoms. The van der Waals surface area contributed by atoms with Gasteiger partial charge in [-0.25, -0.2) is 4.68 Å². The van der Waals surface area contributed by atoms with Crippen LogP contribution in [0.1, 0.15) is 25.1 Å². The fourth-order valence-electron chi connectivity index (χ4n) is 3.22. The predicted octanol–water partition coefficient (Wildman–Crippen LogP) is 3.37. The molecule has 0 radical (unpaired) electrons. The Morgan fingerprint density at radius 1 is 1.17 bits per heavy atom. The Kier molecular flexibility index (Phi) is 9.87. The van der Waals surface area contributed by atoms with E-state index in [2.05, 4.69) is 20.4 Å². The summed E-state index contributed by atoms with van der Waals surface area (Å²) in [5.41, 5.74) is 1.17. The molecule has 3 rings (SSSR count). The van der Waals surface area contributed by atoms with E-state index in [1.807, 2.05) is 18.2 Å². The summed E-state index contributed by atoms with van der Waals surface area (Å²) in [6.07, 6.45) is -0.0534. The normalized spacial score (nSPS) is 15.5. The highest BCUT2D eigenvalue weighted by Crippen LogP contribution is 2.55. The first-order valence-corrected chi connectivity index (χ1v) is 14.9. The van der Waals surface area contributed by atoms with Gasteiger partial charge in [0.1, 0.15) is 11.9 Å². The maximum Gasteiger partial charge on any atom is 0.340 e. The number of hydrogen-bond donors (Lipinski definition) is 5. The van der Waals surface area contributed by atoms with E-state index in [-0.39, 0.29) is 5.28 Å². The van der Waals surface area contributed by atoms with Crippen molar-refractivity contribution in [2.24, 2.45) is 0 Å². The van der Waals surface area contributed by atoms with Gasteiger partial charge in [-0.1, -0.05) is 36.7 Å². The SMILES string of the molecule is CC[C@@H](O[C@@H](CO)COP(=O)(O)CP(=O)(O)O)n1ncc2c(NCc3ccccc3Cl)nc(Cl)nc21. The van der Waals surface area contributed by atoms with Crippen molar-refractivity contribution in [3.05, 3.63) is 46.3 Å².